The highest BCUT2D eigenvalue weighted by Crippen LogP contribution is 2.33. The zero-order valence-corrected chi connectivity index (χ0v) is 46.2. The van der Waals surface area contributed by atoms with Gasteiger partial charge in [-0.1, -0.05) is 87.4 Å². The largest absolute Gasteiger partial charge is 0.504 e. The van der Waals surface area contributed by atoms with Crippen LogP contribution >= 0.6 is 10.7 Å². The van der Waals surface area contributed by atoms with E-state index in [0.717, 1.165) is 85.2 Å². The highest BCUT2D eigenvalue weighted by molar-refractivity contribution is 8.13. The quantitative estimate of drug-likeness (QED) is 0.0326. The van der Waals surface area contributed by atoms with Crippen molar-refractivity contribution in [3.05, 3.63) is 155 Å². The predicted octanol–water partition coefficient (Wildman–Crippen LogP) is 11.2. The number of phenols is 4. The van der Waals surface area contributed by atoms with E-state index in [1.165, 1.54) is 47.5 Å². The Hall–Kier alpha value is -6.17. The first-order valence-corrected chi connectivity index (χ1v) is 26.9. The Kier molecular flexibility index (Phi) is 26.5. The lowest BCUT2D eigenvalue weighted by atomic mass is 9.85. The topological polar surface area (TPSA) is 216 Å². The van der Waals surface area contributed by atoms with Crippen LogP contribution in [-0.4, -0.2) is 85.0 Å². The summed E-state index contributed by atoms with van der Waals surface area (Å²) in [7, 11) is 6.83. The first-order valence-electron chi connectivity index (χ1n) is 23.2. The van der Waals surface area contributed by atoms with Gasteiger partial charge in [0, 0.05) is 17.8 Å². The number of aromatic hydroxyl groups is 4. The molecule has 73 heavy (non-hydrogen) atoms. The summed E-state index contributed by atoms with van der Waals surface area (Å²) < 4.78 is 69.4. The fourth-order valence-corrected chi connectivity index (χ4v) is 8.63. The molecule has 0 amide bonds. The number of aliphatic hydroxyl groups is 1. The number of methoxy groups -OCH3 is 4. The van der Waals surface area contributed by atoms with Gasteiger partial charge in [0.05, 0.1) is 45.3 Å². The van der Waals surface area contributed by atoms with Crippen molar-refractivity contribution in [2.75, 3.05) is 42.7 Å². The van der Waals surface area contributed by atoms with E-state index in [2.05, 4.69) is 56.1 Å². The molecule has 0 aromatic heterocycles. The summed E-state index contributed by atoms with van der Waals surface area (Å²) in [6, 6.07) is 35.0. The van der Waals surface area contributed by atoms with E-state index in [4.69, 9.17) is 34.7 Å². The monoisotopic (exact) mass is 1070 g/mol. The Morgan fingerprint density at radius 1 is 0.411 bits per heavy atom. The molecular weight excluding hydrogens is 996 g/mol. The normalized spacial score (nSPS) is 12.5. The van der Waals surface area contributed by atoms with Crippen LogP contribution in [0.1, 0.15) is 61.1 Å². The lowest BCUT2D eigenvalue weighted by Crippen LogP contribution is -2.14. The molecule has 14 nitrogen and oxygen atoms in total. The van der Waals surface area contributed by atoms with Gasteiger partial charge in [-0.25, -0.2) is 8.42 Å². The molecule has 0 aliphatic rings. The van der Waals surface area contributed by atoms with E-state index in [-0.39, 0.29) is 32.8 Å². The van der Waals surface area contributed by atoms with E-state index in [1.807, 2.05) is 38.1 Å². The average Bonchev–Trinajstić information content (AvgIpc) is 3.37. The minimum absolute atomic E-state index is 0.0965. The Balaban J connectivity index is 0.000000349. The minimum Gasteiger partial charge on any atom is -0.504 e. The van der Waals surface area contributed by atoms with Gasteiger partial charge < -0.3 is 44.5 Å². The van der Waals surface area contributed by atoms with Crippen molar-refractivity contribution in [3.63, 3.8) is 0 Å². The van der Waals surface area contributed by atoms with Crippen LogP contribution in [0.3, 0.4) is 0 Å². The fraction of sp³-hybridized carbons (Fsp3) is 0.357. The predicted molar refractivity (Wildman–Crippen MR) is 288 cm³/mol. The number of halogens is 1. The molecule has 0 unspecified atom stereocenters. The summed E-state index contributed by atoms with van der Waals surface area (Å²) in [4.78, 5) is 0.334. The Bertz CT molecular complexity index is 2700. The highest BCUT2D eigenvalue weighted by atomic mass is 35.7. The van der Waals surface area contributed by atoms with Crippen LogP contribution in [0.4, 0.5) is 0 Å². The number of aryl methyl sites for hydroxylation is 2. The average molecular weight is 1070 g/mol. The Labute approximate surface area is 437 Å². The summed E-state index contributed by atoms with van der Waals surface area (Å²) in [5, 5.41) is 44.8. The van der Waals surface area contributed by atoms with Crippen molar-refractivity contribution in [1.29, 1.82) is 0 Å². The van der Waals surface area contributed by atoms with Gasteiger partial charge in [0.2, 0.25) is 0 Å². The number of aliphatic hydroxyl groups excluding tert-OH is 1. The summed E-state index contributed by atoms with van der Waals surface area (Å²) in [5.41, 5.74) is 6.49. The fourth-order valence-electron chi connectivity index (χ4n) is 7.20. The zero-order valence-electron chi connectivity index (χ0n) is 43.8. The molecule has 0 fully saturated rings. The Morgan fingerprint density at radius 3 is 0.973 bits per heavy atom. The molecule has 6 aromatic carbocycles. The maximum Gasteiger partial charge on any atom is 0.296 e. The van der Waals surface area contributed by atoms with Gasteiger partial charge in [-0.15, -0.1) is 0 Å². The van der Waals surface area contributed by atoms with E-state index in [9.17, 15) is 37.3 Å². The van der Waals surface area contributed by atoms with Crippen molar-refractivity contribution < 1.29 is 65.5 Å². The van der Waals surface area contributed by atoms with Crippen LogP contribution in [0, 0.1) is 37.5 Å². The maximum absolute atomic E-state index is 11.1. The third-order valence-corrected chi connectivity index (χ3v) is 14.6. The zero-order chi connectivity index (χ0) is 55.1. The van der Waals surface area contributed by atoms with Crippen molar-refractivity contribution in [1.82, 2.24) is 0 Å². The van der Waals surface area contributed by atoms with Crippen LogP contribution < -0.4 is 18.9 Å². The molecule has 4 atom stereocenters. The number of hydrogen-bond acceptors (Lipinski definition) is 14. The molecule has 0 saturated carbocycles. The summed E-state index contributed by atoms with van der Waals surface area (Å²) >= 11 is 0. The van der Waals surface area contributed by atoms with Gasteiger partial charge in [-0.3, -0.25) is 4.18 Å². The molecule has 0 aliphatic carbocycles. The molecule has 0 aliphatic heterocycles. The van der Waals surface area contributed by atoms with Crippen molar-refractivity contribution in [2.24, 2.45) is 23.7 Å². The second-order valence-electron chi connectivity index (χ2n) is 17.4. The van der Waals surface area contributed by atoms with Crippen LogP contribution in [0.25, 0.3) is 0 Å². The maximum atomic E-state index is 11.1. The van der Waals surface area contributed by atoms with Crippen molar-refractivity contribution in [3.8, 4) is 46.0 Å². The molecule has 0 bridgehead atoms. The molecule has 0 spiro atoms. The third-order valence-electron chi connectivity index (χ3n) is 12.0. The van der Waals surface area contributed by atoms with Gasteiger partial charge in [0.25, 0.3) is 19.2 Å². The smallest absolute Gasteiger partial charge is 0.296 e. The molecule has 0 saturated heterocycles. The Morgan fingerprint density at radius 2 is 0.699 bits per heavy atom. The van der Waals surface area contributed by atoms with Crippen LogP contribution in [0.2, 0.25) is 0 Å². The van der Waals surface area contributed by atoms with Crippen molar-refractivity contribution in [2.45, 2.75) is 77.0 Å². The highest BCUT2D eigenvalue weighted by Gasteiger charge is 2.18. The molecule has 0 radical (unpaired) electrons. The second-order valence-corrected chi connectivity index (χ2v) is 21.7. The van der Waals surface area contributed by atoms with Gasteiger partial charge in [0.1, 0.15) is 0 Å². The third kappa shape index (κ3) is 21.1. The number of phenolic OH excluding ortho intramolecular Hbond substituents is 4. The van der Waals surface area contributed by atoms with Gasteiger partial charge in [-0.2, -0.15) is 8.42 Å². The number of benzene rings is 6. The van der Waals surface area contributed by atoms with Crippen LogP contribution in [0.5, 0.6) is 46.0 Å². The molecule has 0 heterocycles. The van der Waals surface area contributed by atoms with Gasteiger partial charge in [-0.05, 0) is 158 Å². The first kappa shape index (κ1) is 62.9. The summed E-state index contributed by atoms with van der Waals surface area (Å²) in [6.45, 7) is 12.6. The lowest BCUT2D eigenvalue weighted by Gasteiger charge is -2.21. The van der Waals surface area contributed by atoms with E-state index >= 15 is 0 Å². The van der Waals surface area contributed by atoms with Crippen LogP contribution in [-0.2, 0) is 49.0 Å². The lowest BCUT2D eigenvalue weighted by molar-refractivity contribution is 0.350. The first-order chi connectivity index (χ1) is 34.4. The minimum atomic E-state index is -3.55. The molecule has 6 aromatic rings. The van der Waals surface area contributed by atoms with E-state index in [0.29, 0.717) is 23.7 Å². The molecule has 400 valence electrons. The van der Waals surface area contributed by atoms with Crippen molar-refractivity contribution >= 4 is 29.9 Å². The SMILES string of the molecule is CO.COS(=O)(=O)c1ccc(C)cc1.COc1ccc(C[C@@H](C)[C@@H](C)Cc2ccc(OC)c(OC)c2)cc1OC.C[C@H](Cc1ccc(O)c(O)c1)[C@@H](C)Cc1ccc(O)c(O)c1.Cc1ccc(S(=O)(=O)Cl)cc1. The number of ether oxygens (including phenoxy) is 4. The molecule has 5 N–H and O–H groups in total. The van der Waals surface area contributed by atoms with Gasteiger partial charge in [0.15, 0.2) is 46.0 Å². The van der Waals surface area contributed by atoms with E-state index < -0.39 is 19.2 Å². The number of rotatable bonds is 17. The summed E-state index contributed by atoms with van der Waals surface area (Å²) in [5.74, 6) is 4.47. The second kappa shape index (κ2) is 30.8. The number of hydrogen-bond donors (Lipinski definition) is 5. The molecule has 17 heteroatoms. The van der Waals surface area contributed by atoms with Crippen LogP contribution in [0.15, 0.2) is 131 Å². The van der Waals surface area contributed by atoms with E-state index in [1.54, 1.807) is 64.8 Å². The standard InChI is InChI=1S/C22H30O4.C18H22O4.C8H10O3S.C7H7ClO2S.CH4O/c1-15(11-17-7-9-19(23-3)21(13-17)25-5)16(2)12-18-8-10-20(24-4)22(14-18)26-6;1-11(7-13-3-5-15(19)17(21)9-13)12(2)8-14-4-6-16(20)18(22)10-14;1-7-3-5-8(6-4-7)12(9,10)11-2;1-6-2-4-7(5-3-6)11(8,9)10;1-2/h7-10,13-16H,11-12H2,1-6H3;3-6,9-12,19-22H,7-8H2,1-2H3;3-6H,1-2H3;2-5H,1H3;2H,1H3/t15-,16+;11-,12+;;;. The summed E-state index contributed by atoms with van der Waals surface area (Å²) in [6.07, 6.45) is 3.57. The van der Waals surface area contributed by atoms with Gasteiger partial charge >= 0.3 is 0 Å². The molecule has 6 rings (SSSR count). The molecular formula is C56H73ClO14S2.